The smallest absolute Gasteiger partial charge is 0.151 e. The molecule has 2 atom stereocenters. The third-order valence-electron chi connectivity index (χ3n) is 1.92. The Kier molecular flexibility index (Phi) is 2.01. The van der Waals surface area contributed by atoms with Crippen LogP contribution in [0.1, 0.15) is 13.3 Å². The van der Waals surface area contributed by atoms with Crippen LogP contribution >= 0.6 is 0 Å². The minimum Gasteiger partial charge on any atom is -0.313 e. The van der Waals surface area contributed by atoms with E-state index in [0.29, 0.717) is 12.6 Å². The van der Waals surface area contributed by atoms with E-state index in [1.54, 1.807) is 0 Å². The van der Waals surface area contributed by atoms with E-state index in [0.717, 1.165) is 6.42 Å². The van der Waals surface area contributed by atoms with E-state index >= 15 is 0 Å². The van der Waals surface area contributed by atoms with Crippen molar-refractivity contribution in [2.75, 3.05) is 12.8 Å². The fraction of sp³-hybridized carbons (Fsp3) is 1.00. The highest BCUT2D eigenvalue weighted by molar-refractivity contribution is 7.91. The minimum absolute atomic E-state index is 0.150. The molecule has 4 heteroatoms. The van der Waals surface area contributed by atoms with Crippen molar-refractivity contribution in [1.82, 2.24) is 5.32 Å². The summed E-state index contributed by atoms with van der Waals surface area (Å²) < 4.78 is 21.9. The third-order valence-corrected chi connectivity index (χ3v) is 3.49. The van der Waals surface area contributed by atoms with E-state index in [1.165, 1.54) is 6.26 Å². The highest BCUT2D eigenvalue weighted by atomic mass is 32.2. The van der Waals surface area contributed by atoms with Gasteiger partial charge in [-0.3, -0.25) is 0 Å². The summed E-state index contributed by atoms with van der Waals surface area (Å²) in [5, 5.41) is 2.95. The van der Waals surface area contributed by atoms with Crippen molar-refractivity contribution in [1.29, 1.82) is 0 Å². The van der Waals surface area contributed by atoms with Crippen LogP contribution in [-0.2, 0) is 9.84 Å². The van der Waals surface area contributed by atoms with E-state index in [1.807, 2.05) is 6.92 Å². The molecule has 0 aromatic carbocycles. The molecule has 0 aliphatic carbocycles. The molecule has 3 nitrogen and oxygen atoms in total. The zero-order chi connectivity index (χ0) is 7.78. The van der Waals surface area contributed by atoms with Gasteiger partial charge in [0.1, 0.15) is 0 Å². The lowest BCUT2D eigenvalue weighted by Crippen LogP contribution is -2.22. The SMILES string of the molecule is CC1CC(S(C)(=O)=O)CN1. The first-order valence-electron chi connectivity index (χ1n) is 3.42. The Morgan fingerprint density at radius 3 is 2.30 bits per heavy atom. The zero-order valence-electron chi connectivity index (χ0n) is 6.29. The van der Waals surface area contributed by atoms with Crippen LogP contribution in [0.5, 0.6) is 0 Å². The second kappa shape index (κ2) is 2.51. The Morgan fingerprint density at radius 2 is 2.10 bits per heavy atom. The molecule has 0 aromatic rings. The van der Waals surface area contributed by atoms with E-state index in [9.17, 15) is 8.42 Å². The van der Waals surface area contributed by atoms with Crippen molar-refractivity contribution < 1.29 is 8.42 Å². The molecule has 1 fully saturated rings. The van der Waals surface area contributed by atoms with Crippen LogP contribution in [0, 0.1) is 0 Å². The van der Waals surface area contributed by atoms with E-state index in [-0.39, 0.29) is 5.25 Å². The summed E-state index contributed by atoms with van der Waals surface area (Å²) in [7, 11) is -2.80. The van der Waals surface area contributed by atoms with Crippen LogP contribution in [-0.4, -0.2) is 32.5 Å². The number of rotatable bonds is 1. The molecule has 0 radical (unpaired) electrons. The molecule has 1 aliphatic rings. The first kappa shape index (κ1) is 8.01. The van der Waals surface area contributed by atoms with Gasteiger partial charge in [-0.25, -0.2) is 8.42 Å². The fourth-order valence-electron chi connectivity index (χ4n) is 1.22. The summed E-state index contributed by atoms with van der Waals surface area (Å²) in [6.07, 6.45) is 2.07. The van der Waals surface area contributed by atoms with Gasteiger partial charge < -0.3 is 5.32 Å². The molecule has 60 valence electrons. The Bertz CT molecular complexity index is 210. The maximum absolute atomic E-state index is 10.9. The van der Waals surface area contributed by atoms with Gasteiger partial charge in [-0.05, 0) is 13.3 Å². The normalized spacial score (nSPS) is 34.6. The second-order valence-electron chi connectivity index (χ2n) is 3.00. The van der Waals surface area contributed by atoms with Crippen molar-refractivity contribution in [3.63, 3.8) is 0 Å². The number of nitrogens with one attached hydrogen (secondary N) is 1. The largest absolute Gasteiger partial charge is 0.313 e. The molecule has 0 bridgehead atoms. The van der Waals surface area contributed by atoms with Gasteiger partial charge in [0.05, 0.1) is 5.25 Å². The highest BCUT2D eigenvalue weighted by Gasteiger charge is 2.28. The predicted octanol–water partition coefficient (Wildman–Crippen LogP) is -0.219. The molecule has 0 saturated carbocycles. The van der Waals surface area contributed by atoms with Crippen molar-refractivity contribution >= 4 is 9.84 Å². The van der Waals surface area contributed by atoms with Crippen LogP contribution in [0.25, 0.3) is 0 Å². The van der Waals surface area contributed by atoms with Gasteiger partial charge in [0, 0.05) is 18.8 Å². The molecule has 0 aromatic heterocycles. The van der Waals surface area contributed by atoms with Crippen LogP contribution in [0.3, 0.4) is 0 Å². The Morgan fingerprint density at radius 1 is 1.50 bits per heavy atom. The quantitative estimate of drug-likeness (QED) is 0.581. The molecule has 1 saturated heterocycles. The topological polar surface area (TPSA) is 46.2 Å². The highest BCUT2D eigenvalue weighted by Crippen LogP contribution is 2.12. The van der Waals surface area contributed by atoms with Gasteiger partial charge >= 0.3 is 0 Å². The standard InChI is InChI=1S/C6H13NO2S/c1-5-3-6(4-7-5)10(2,8)9/h5-7H,3-4H2,1-2H3. The molecule has 0 spiro atoms. The molecule has 1 N–H and O–H groups in total. The van der Waals surface area contributed by atoms with Crippen LogP contribution in [0.15, 0.2) is 0 Å². The summed E-state index contributed by atoms with van der Waals surface area (Å²) in [6, 6.07) is 0.361. The van der Waals surface area contributed by atoms with Gasteiger partial charge in [-0.15, -0.1) is 0 Å². The lowest BCUT2D eigenvalue weighted by molar-refractivity contribution is 0.587. The van der Waals surface area contributed by atoms with Crippen molar-refractivity contribution in [3.8, 4) is 0 Å². The Hall–Kier alpha value is -0.0900. The molecule has 10 heavy (non-hydrogen) atoms. The van der Waals surface area contributed by atoms with Crippen molar-refractivity contribution in [2.45, 2.75) is 24.6 Å². The zero-order valence-corrected chi connectivity index (χ0v) is 7.11. The monoisotopic (exact) mass is 163 g/mol. The second-order valence-corrected chi connectivity index (χ2v) is 5.32. The lowest BCUT2D eigenvalue weighted by Gasteiger charge is -2.03. The molecule has 1 heterocycles. The lowest BCUT2D eigenvalue weighted by atomic mass is 10.2. The van der Waals surface area contributed by atoms with E-state index in [2.05, 4.69) is 5.32 Å². The van der Waals surface area contributed by atoms with Crippen molar-refractivity contribution in [2.24, 2.45) is 0 Å². The number of hydrogen-bond acceptors (Lipinski definition) is 3. The van der Waals surface area contributed by atoms with Crippen LogP contribution < -0.4 is 5.32 Å². The number of hydrogen-bond donors (Lipinski definition) is 1. The van der Waals surface area contributed by atoms with Gasteiger partial charge in [-0.1, -0.05) is 0 Å². The van der Waals surface area contributed by atoms with Crippen LogP contribution in [0.4, 0.5) is 0 Å². The van der Waals surface area contributed by atoms with Gasteiger partial charge in [0.15, 0.2) is 9.84 Å². The van der Waals surface area contributed by atoms with Crippen LogP contribution in [0.2, 0.25) is 0 Å². The Balaban J connectivity index is 2.62. The van der Waals surface area contributed by atoms with Gasteiger partial charge in [0.2, 0.25) is 0 Å². The Labute approximate surface area is 61.7 Å². The summed E-state index contributed by atoms with van der Waals surface area (Å²) in [4.78, 5) is 0. The minimum atomic E-state index is -2.80. The third kappa shape index (κ3) is 1.70. The number of sulfone groups is 1. The summed E-state index contributed by atoms with van der Waals surface area (Å²) in [5.74, 6) is 0. The van der Waals surface area contributed by atoms with Crippen molar-refractivity contribution in [3.05, 3.63) is 0 Å². The first-order chi connectivity index (χ1) is 4.50. The van der Waals surface area contributed by atoms with Gasteiger partial charge in [0.25, 0.3) is 0 Å². The predicted molar refractivity (Wildman–Crippen MR) is 40.7 cm³/mol. The molecular weight excluding hydrogens is 150 g/mol. The van der Waals surface area contributed by atoms with E-state index < -0.39 is 9.84 Å². The molecular formula is C6H13NO2S. The average molecular weight is 163 g/mol. The molecule has 1 rings (SSSR count). The van der Waals surface area contributed by atoms with E-state index in [4.69, 9.17) is 0 Å². The van der Waals surface area contributed by atoms with Gasteiger partial charge in [-0.2, -0.15) is 0 Å². The summed E-state index contributed by atoms with van der Waals surface area (Å²) in [5.41, 5.74) is 0. The fourth-order valence-corrected chi connectivity index (χ4v) is 2.26. The molecule has 1 aliphatic heterocycles. The molecule has 0 amide bonds. The maximum atomic E-state index is 10.9. The maximum Gasteiger partial charge on any atom is 0.151 e. The average Bonchev–Trinajstić information content (AvgIpc) is 2.11. The summed E-state index contributed by atoms with van der Waals surface area (Å²) >= 11 is 0. The molecule has 2 unspecified atom stereocenters. The summed E-state index contributed by atoms with van der Waals surface area (Å²) in [6.45, 7) is 2.63. The first-order valence-corrected chi connectivity index (χ1v) is 5.38.